The Morgan fingerprint density at radius 1 is 0.364 bits per heavy atom. The van der Waals surface area contributed by atoms with Crippen molar-refractivity contribution in [2.24, 2.45) is 0 Å². The zero-order valence-electron chi connectivity index (χ0n) is 37.4. The highest BCUT2D eigenvalue weighted by atomic mass is 35.5. The Balaban J connectivity index is 0.000000397. The fraction of sp³-hybridized carbons (Fsp3) is 0.184. The first kappa shape index (κ1) is 59.3. The lowest BCUT2D eigenvalue weighted by Crippen LogP contribution is -2.75. The van der Waals surface area contributed by atoms with Gasteiger partial charge in [0, 0.05) is 17.0 Å². The molecule has 1 heterocycles. The van der Waals surface area contributed by atoms with Crippen molar-refractivity contribution in [1.82, 2.24) is 0 Å². The summed E-state index contributed by atoms with van der Waals surface area (Å²) in [5.74, 6) is 0.0722. The van der Waals surface area contributed by atoms with E-state index in [2.05, 4.69) is 0 Å². The van der Waals surface area contributed by atoms with Crippen molar-refractivity contribution in [3.8, 4) is 0 Å². The van der Waals surface area contributed by atoms with Crippen LogP contribution in [0.1, 0.15) is 54.9 Å². The number of halogens is 25. The molecule has 7 rings (SSSR count). The van der Waals surface area contributed by atoms with Gasteiger partial charge in [0.05, 0.1) is 44.5 Å². The number of para-hydroxylation sites is 1. The first-order chi connectivity index (χ1) is 35.0. The normalized spacial score (nSPS) is 13.4. The largest absolute Gasteiger partial charge is 0.416 e. The van der Waals surface area contributed by atoms with Gasteiger partial charge in [0.15, 0.2) is 6.20 Å². The molecule has 410 valence electrons. The van der Waals surface area contributed by atoms with Crippen LogP contribution in [0, 0.1) is 0 Å². The van der Waals surface area contributed by atoms with Crippen LogP contribution in [0.25, 0.3) is 10.9 Å². The molecule has 2 nitrogen and oxygen atoms in total. The summed E-state index contributed by atoms with van der Waals surface area (Å²) < 4.78 is 343. The maximum Gasteiger partial charge on any atom is 0.416 e. The van der Waals surface area contributed by atoms with Crippen LogP contribution < -0.4 is 26.4 Å². The smallest absolute Gasteiger partial charge is 0.287 e. The average molecular weight is 1150 g/mol. The van der Waals surface area contributed by atoms with E-state index in [1.165, 1.54) is 0 Å². The van der Waals surface area contributed by atoms with Crippen LogP contribution in [0.2, 0.25) is 5.02 Å². The minimum atomic E-state index is -6.13. The van der Waals surface area contributed by atoms with Gasteiger partial charge in [0.1, 0.15) is 11.2 Å². The average Bonchev–Trinajstić information content (AvgIpc) is 3.30. The lowest BCUT2D eigenvalue weighted by molar-refractivity contribution is -0.657. The van der Waals surface area contributed by atoms with E-state index in [1.807, 2.05) is 71.4 Å². The topological polar surface area (TPSA) is 20.9 Å². The summed E-state index contributed by atoms with van der Waals surface area (Å²) in [5, 5.41) is 1.69. The van der Waals surface area contributed by atoms with Gasteiger partial charge in [-0.1, -0.05) is 96.5 Å². The van der Waals surface area contributed by atoms with Crippen molar-refractivity contribution in [1.29, 1.82) is 0 Å². The fourth-order valence-electron chi connectivity index (χ4n) is 8.37. The first-order valence-electron chi connectivity index (χ1n) is 21.0. The Morgan fingerprint density at radius 2 is 0.636 bits per heavy atom. The van der Waals surface area contributed by atoms with Crippen LogP contribution in [-0.2, 0) is 56.0 Å². The van der Waals surface area contributed by atoms with Crippen molar-refractivity contribution in [2.45, 2.75) is 56.0 Å². The summed E-state index contributed by atoms with van der Waals surface area (Å²) in [6.45, 7) is 0.283. The van der Waals surface area contributed by atoms with E-state index in [1.54, 1.807) is 0 Å². The second-order valence-electron chi connectivity index (χ2n) is 16.8. The molecule has 0 amide bonds. The molecule has 0 saturated heterocycles. The third-order valence-electron chi connectivity index (χ3n) is 11.7. The van der Waals surface area contributed by atoms with Gasteiger partial charge in [-0.3, -0.25) is 4.79 Å². The number of carbonyl (C=O) groups excluding carboxylic acids is 1. The summed E-state index contributed by atoms with van der Waals surface area (Å²) >= 11 is 6.26. The van der Waals surface area contributed by atoms with Gasteiger partial charge in [-0.15, -0.1) is 0 Å². The molecule has 0 aliphatic carbocycles. The van der Waals surface area contributed by atoms with Crippen LogP contribution in [0.4, 0.5) is 105 Å². The maximum absolute atomic E-state index is 14.2. The first-order valence-corrected chi connectivity index (χ1v) is 21.4. The number of ketones is 1. The number of Topliss-reactive ketones (excluding diaryl/α,β-unsaturated/α-hetero) is 1. The molecule has 7 aromatic rings. The minimum absolute atomic E-state index is 0.0722. The van der Waals surface area contributed by atoms with Gasteiger partial charge >= 0.3 is 49.4 Å². The number of hydrogen-bond acceptors (Lipinski definition) is 1. The molecule has 0 aliphatic heterocycles. The molecule has 0 fully saturated rings. The fourth-order valence-corrected chi connectivity index (χ4v) is 8.66. The van der Waals surface area contributed by atoms with E-state index in [4.69, 9.17) is 11.6 Å². The number of hydrogen-bond donors (Lipinski definition) is 0. The number of rotatable bonds is 7. The number of fused-ring (bicyclic) bond motifs is 1. The molecule has 0 radical (unpaired) electrons. The molecule has 0 aliphatic rings. The highest BCUT2D eigenvalue weighted by molar-refractivity contribution is 7.20. The third-order valence-corrected chi connectivity index (χ3v) is 12.0. The van der Waals surface area contributed by atoms with Crippen molar-refractivity contribution < 1.29 is 115 Å². The Labute approximate surface area is 421 Å². The monoisotopic (exact) mass is 1150 g/mol. The highest BCUT2D eigenvalue weighted by Crippen LogP contribution is 2.41. The summed E-state index contributed by atoms with van der Waals surface area (Å²) in [6, 6.07) is 10.1. The number of alkyl halides is 24. The molecule has 0 unspecified atom stereocenters. The summed E-state index contributed by atoms with van der Waals surface area (Å²) in [6.07, 6.45) is -52.9. The van der Waals surface area contributed by atoms with E-state index in [9.17, 15) is 110 Å². The Hall–Kier alpha value is -6.93. The standard InChI is InChI=1S/C32H12BF24.C17H13ClNO/c34-25(35,36)13-1-14(26(37,38)39)6-21(5-13)33(22-7-15(27(40,41)42)2-16(8-22)28(43,44)45,23-9-17(29(46,47)48)3-18(10-23)30(49,50)51)24-11-19(31(52,53)54)4-20(12-24)32(55,56)57;18-15-10-4-8-14-9-5-11-19(17(14)15)12-16(20)13-6-2-1-3-7-13/h1-12H;1-11H,12H2/q-1;+1. The number of pyridine rings is 1. The van der Waals surface area contributed by atoms with Crippen LogP contribution in [0.5, 0.6) is 0 Å². The second kappa shape index (κ2) is 20.5. The van der Waals surface area contributed by atoms with Crippen molar-refractivity contribution in [3.63, 3.8) is 0 Å². The molecular weight excluding hydrogens is 1120 g/mol. The van der Waals surface area contributed by atoms with Crippen LogP contribution in [-0.4, -0.2) is 11.9 Å². The second-order valence-corrected chi connectivity index (χ2v) is 17.2. The van der Waals surface area contributed by atoms with E-state index in [0.717, 1.165) is 10.9 Å². The minimum Gasteiger partial charge on any atom is -0.287 e. The SMILES string of the molecule is FC(F)(F)c1cc([B-](c2cc(C(F)(F)F)cc(C(F)(F)F)c2)(c2cc(C(F)(F)F)cc(C(F)(F)F)c2)c2cc(C(F)(F)F)cc(C(F)(F)F)c2)cc(C(F)(F)F)c1.O=C(C[n+]1cccc2cccc(Cl)c21)c1ccccc1. The maximum atomic E-state index is 14.2. The number of carbonyl (C=O) groups is 1. The predicted molar refractivity (Wildman–Crippen MR) is 230 cm³/mol. The highest BCUT2D eigenvalue weighted by Gasteiger charge is 2.47. The molecule has 0 saturated carbocycles. The molecule has 0 atom stereocenters. The van der Waals surface area contributed by atoms with Gasteiger partial charge in [0.2, 0.25) is 17.8 Å². The Morgan fingerprint density at radius 3 is 0.909 bits per heavy atom. The van der Waals surface area contributed by atoms with E-state index in [0.29, 0.717) is 10.6 Å². The number of nitrogens with zero attached hydrogens (tertiary/aromatic N) is 1. The van der Waals surface area contributed by atoms with Gasteiger partial charge < -0.3 is 0 Å². The number of benzene rings is 6. The van der Waals surface area contributed by atoms with Crippen molar-refractivity contribution in [2.75, 3.05) is 0 Å². The summed E-state index contributed by atoms with van der Waals surface area (Å²) in [7, 11) is 0. The van der Waals surface area contributed by atoms with Gasteiger partial charge in [-0.05, 0) is 42.5 Å². The summed E-state index contributed by atoms with van der Waals surface area (Å²) in [4.78, 5) is 12.3. The summed E-state index contributed by atoms with van der Waals surface area (Å²) in [5.41, 5.74) is -28.6. The molecule has 0 bridgehead atoms. The van der Waals surface area contributed by atoms with E-state index in [-0.39, 0.29) is 12.3 Å². The van der Waals surface area contributed by atoms with E-state index < -0.39 is 195 Å². The molecule has 6 aromatic carbocycles. The Kier molecular flexibility index (Phi) is 15.8. The lowest BCUT2D eigenvalue weighted by atomic mass is 9.12. The molecule has 28 heteroatoms. The predicted octanol–water partition coefficient (Wildman–Crippen LogP) is 14.9. The molecular formula is C49H25BClF24NO. The molecule has 1 aromatic heterocycles. The zero-order valence-corrected chi connectivity index (χ0v) is 38.1. The third kappa shape index (κ3) is 13.3. The quantitative estimate of drug-likeness (QED) is 0.0674. The lowest BCUT2D eigenvalue weighted by Gasteiger charge is -2.46. The van der Waals surface area contributed by atoms with Crippen LogP contribution >= 0.6 is 11.6 Å². The molecule has 77 heavy (non-hydrogen) atoms. The van der Waals surface area contributed by atoms with Crippen LogP contribution in [0.3, 0.4) is 0 Å². The van der Waals surface area contributed by atoms with Crippen LogP contribution in [0.15, 0.2) is 140 Å². The molecule has 0 spiro atoms. The van der Waals surface area contributed by atoms with Gasteiger partial charge in [0.25, 0.3) is 0 Å². The zero-order chi connectivity index (χ0) is 57.9. The van der Waals surface area contributed by atoms with E-state index >= 15 is 0 Å². The van der Waals surface area contributed by atoms with Crippen molar-refractivity contribution >= 4 is 56.3 Å². The number of aromatic nitrogens is 1. The van der Waals surface area contributed by atoms with Gasteiger partial charge in [-0.2, -0.15) is 132 Å². The Bertz CT molecular complexity index is 2870. The molecule has 0 N–H and O–H groups in total. The van der Waals surface area contributed by atoms with Gasteiger partial charge in [-0.25, -0.2) is 0 Å². The van der Waals surface area contributed by atoms with Crippen molar-refractivity contribution in [3.05, 3.63) is 195 Å².